The summed E-state index contributed by atoms with van der Waals surface area (Å²) in [6.07, 6.45) is -0.0568. The number of rotatable bonds is 3. The van der Waals surface area contributed by atoms with Crippen LogP contribution in [0.1, 0.15) is 50.2 Å². The van der Waals surface area contributed by atoms with E-state index >= 15 is 0 Å². The number of hydrogen-bond donors (Lipinski definition) is 0. The molecule has 1 aromatic rings. The predicted octanol–water partition coefficient (Wildman–Crippen LogP) is 4.42. The van der Waals surface area contributed by atoms with Crippen LogP contribution in [0.5, 0.6) is 0 Å². The van der Waals surface area contributed by atoms with Gasteiger partial charge in [-0.25, -0.2) is 0 Å². The molecule has 2 saturated heterocycles. The molecule has 1 saturated carbocycles. The van der Waals surface area contributed by atoms with Gasteiger partial charge in [-0.3, -0.25) is 9.59 Å². The molecule has 0 N–H and O–H groups in total. The highest BCUT2D eigenvalue weighted by Crippen LogP contribution is 2.56. The summed E-state index contributed by atoms with van der Waals surface area (Å²) in [6.45, 7) is 3.34. The maximum absolute atomic E-state index is 13.8. The fraction of sp³-hybridized carbons (Fsp3) is 0.680. The fourth-order valence-corrected chi connectivity index (χ4v) is 7.33. The molecule has 3 heterocycles. The van der Waals surface area contributed by atoms with Gasteiger partial charge in [0.1, 0.15) is 0 Å². The molecule has 1 aliphatic carbocycles. The molecule has 2 amide bonds. The Hall–Kier alpha value is -1.74. The van der Waals surface area contributed by atoms with Gasteiger partial charge in [0.05, 0.1) is 5.41 Å². The lowest BCUT2D eigenvalue weighted by Crippen LogP contribution is -2.53. The Morgan fingerprint density at radius 1 is 1.18 bits per heavy atom. The number of carbonyl (C=O) groups is 2. The number of amides is 2. The normalized spacial score (nSPS) is 31.6. The van der Waals surface area contributed by atoms with Crippen LogP contribution in [0.25, 0.3) is 0 Å². The van der Waals surface area contributed by atoms with E-state index in [1.807, 2.05) is 11.2 Å². The Bertz CT molecular complexity index is 981. The third-order valence-corrected chi connectivity index (χ3v) is 9.42. The van der Waals surface area contributed by atoms with Crippen LogP contribution in [-0.2, 0) is 27.3 Å². The van der Waals surface area contributed by atoms with E-state index in [4.69, 9.17) is 4.74 Å². The third kappa shape index (κ3) is 3.83. The Morgan fingerprint density at radius 2 is 1.91 bits per heavy atom. The average Bonchev–Trinajstić information content (AvgIpc) is 3.35. The lowest BCUT2D eigenvalue weighted by Gasteiger charge is -2.39. The maximum Gasteiger partial charge on any atom is 0.471 e. The highest BCUT2D eigenvalue weighted by molar-refractivity contribution is 7.98. The molecule has 186 valence electrons. The quantitative estimate of drug-likeness (QED) is 0.582. The van der Waals surface area contributed by atoms with Gasteiger partial charge in [-0.2, -0.15) is 13.2 Å². The molecule has 5 nitrogen and oxygen atoms in total. The maximum atomic E-state index is 13.8. The van der Waals surface area contributed by atoms with Crippen molar-refractivity contribution in [2.45, 2.75) is 81.2 Å². The molecule has 1 spiro atoms. The van der Waals surface area contributed by atoms with Crippen LogP contribution in [0, 0.1) is 11.3 Å². The molecular weight excluding hydrogens is 465 g/mol. The number of alkyl halides is 3. The number of fused-ring (bicyclic) bond motifs is 2. The monoisotopic (exact) mass is 496 g/mol. The zero-order valence-corrected chi connectivity index (χ0v) is 20.4. The van der Waals surface area contributed by atoms with Crippen molar-refractivity contribution in [1.29, 1.82) is 0 Å². The largest absolute Gasteiger partial charge is 0.471 e. The molecule has 0 radical (unpaired) electrons. The van der Waals surface area contributed by atoms with Gasteiger partial charge in [0.15, 0.2) is 0 Å². The van der Waals surface area contributed by atoms with E-state index < -0.39 is 29.6 Å². The second-order valence-corrected chi connectivity index (χ2v) is 11.1. The third-order valence-electron chi connectivity index (χ3n) is 8.70. The number of benzene rings is 1. The van der Waals surface area contributed by atoms with Crippen LogP contribution in [-0.4, -0.2) is 65.4 Å². The molecule has 0 aromatic heterocycles. The summed E-state index contributed by atoms with van der Waals surface area (Å²) in [4.78, 5) is 30.6. The molecule has 5 rings (SSSR count). The topological polar surface area (TPSA) is 49.9 Å². The van der Waals surface area contributed by atoms with Crippen molar-refractivity contribution in [3.05, 3.63) is 29.3 Å². The van der Waals surface area contributed by atoms with Crippen molar-refractivity contribution in [3.8, 4) is 0 Å². The summed E-state index contributed by atoms with van der Waals surface area (Å²) >= 11 is 1.67. The molecule has 3 aliphatic heterocycles. The molecule has 34 heavy (non-hydrogen) atoms. The number of halogens is 3. The molecule has 0 bridgehead atoms. The minimum atomic E-state index is -4.92. The van der Waals surface area contributed by atoms with Crippen molar-refractivity contribution >= 4 is 23.6 Å². The van der Waals surface area contributed by atoms with E-state index in [-0.39, 0.29) is 17.9 Å². The summed E-state index contributed by atoms with van der Waals surface area (Å²) in [5.74, 6) is -1.69. The number of ether oxygens (including phenoxy) is 1. The number of carbonyl (C=O) groups excluding carboxylic acids is 2. The van der Waals surface area contributed by atoms with Crippen LogP contribution < -0.4 is 0 Å². The van der Waals surface area contributed by atoms with E-state index in [2.05, 4.69) is 25.1 Å². The minimum absolute atomic E-state index is 0.0240. The number of thioether (sulfide) groups is 1. The first kappa shape index (κ1) is 24.0. The molecule has 1 aromatic carbocycles. The Labute approximate surface area is 202 Å². The highest BCUT2D eigenvalue weighted by atomic mass is 32.2. The van der Waals surface area contributed by atoms with Crippen LogP contribution in [0.2, 0.25) is 0 Å². The van der Waals surface area contributed by atoms with Gasteiger partial charge in [0.25, 0.3) is 0 Å². The molecular formula is C25H31F3N2O3S. The van der Waals surface area contributed by atoms with Gasteiger partial charge in [-0.1, -0.05) is 13.0 Å². The van der Waals surface area contributed by atoms with E-state index in [0.29, 0.717) is 51.9 Å². The lowest BCUT2D eigenvalue weighted by molar-refractivity contribution is -0.192. The zero-order chi connectivity index (χ0) is 24.3. The van der Waals surface area contributed by atoms with Crippen molar-refractivity contribution in [1.82, 2.24) is 9.80 Å². The van der Waals surface area contributed by atoms with Crippen LogP contribution in [0.15, 0.2) is 23.1 Å². The van der Waals surface area contributed by atoms with Crippen LogP contribution >= 0.6 is 11.8 Å². The highest BCUT2D eigenvalue weighted by Gasteiger charge is 2.62. The summed E-state index contributed by atoms with van der Waals surface area (Å²) in [5.41, 5.74) is 1.71. The summed E-state index contributed by atoms with van der Waals surface area (Å²) in [5, 5.41) is 0. The first-order chi connectivity index (χ1) is 16.2. The van der Waals surface area contributed by atoms with Gasteiger partial charge in [0, 0.05) is 42.8 Å². The van der Waals surface area contributed by atoms with E-state index in [1.165, 1.54) is 5.56 Å². The number of hydrogen-bond acceptors (Lipinski definition) is 4. The first-order valence-corrected chi connectivity index (χ1v) is 13.3. The SMILES string of the molecule is CSc1ccc2c(c1)CN1C(=O)[C@]3(CC[C@@H](N(C(=O)C(F)(F)F)C4CCOCC4)C3)C(C)C1C2. The van der Waals surface area contributed by atoms with Gasteiger partial charge in [-0.05, 0) is 74.0 Å². The second kappa shape index (κ2) is 8.73. The average molecular weight is 497 g/mol. The van der Waals surface area contributed by atoms with Gasteiger partial charge >= 0.3 is 12.1 Å². The van der Waals surface area contributed by atoms with Crippen molar-refractivity contribution < 1.29 is 27.5 Å². The molecule has 3 fully saturated rings. The molecule has 4 atom stereocenters. The second-order valence-electron chi connectivity index (χ2n) is 10.2. The van der Waals surface area contributed by atoms with Crippen LogP contribution in [0.4, 0.5) is 13.2 Å². The zero-order valence-electron chi connectivity index (χ0n) is 19.6. The Balaban J connectivity index is 1.41. The fourth-order valence-electron chi connectivity index (χ4n) is 6.86. The lowest BCUT2D eigenvalue weighted by atomic mass is 9.73. The van der Waals surface area contributed by atoms with E-state index in [9.17, 15) is 22.8 Å². The smallest absolute Gasteiger partial charge is 0.381 e. The molecule has 9 heteroatoms. The van der Waals surface area contributed by atoms with Gasteiger partial charge < -0.3 is 14.5 Å². The Kier molecular flexibility index (Phi) is 6.16. The summed E-state index contributed by atoms with van der Waals surface area (Å²) in [6, 6.07) is 5.38. The predicted molar refractivity (Wildman–Crippen MR) is 122 cm³/mol. The van der Waals surface area contributed by atoms with Crippen molar-refractivity contribution in [3.63, 3.8) is 0 Å². The van der Waals surface area contributed by atoms with Gasteiger partial charge in [0.2, 0.25) is 5.91 Å². The van der Waals surface area contributed by atoms with E-state index in [1.54, 1.807) is 11.8 Å². The standard InChI is InChI=1S/C25H31F3N2O3S/c1-15-21-12-16-3-4-20(34-2)11-17(16)14-29(21)22(31)24(15)8-5-19(13-24)30(23(32)25(26,27)28)18-6-9-33-10-7-18/h3-4,11,15,18-19,21H,5-10,12-14H2,1-2H3/t15?,19-,21?,24+/m1/s1. The van der Waals surface area contributed by atoms with Crippen LogP contribution in [0.3, 0.4) is 0 Å². The summed E-state index contributed by atoms with van der Waals surface area (Å²) in [7, 11) is 0. The van der Waals surface area contributed by atoms with Gasteiger partial charge in [-0.15, -0.1) is 11.8 Å². The summed E-state index contributed by atoms with van der Waals surface area (Å²) < 4.78 is 46.1. The number of nitrogens with zero attached hydrogens (tertiary/aromatic N) is 2. The Morgan fingerprint density at radius 3 is 2.59 bits per heavy atom. The minimum Gasteiger partial charge on any atom is -0.381 e. The van der Waals surface area contributed by atoms with Crippen molar-refractivity contribution in [2.75, 3.05) is 19.5 Å². The van der Waals surface area contributed by atoms with E-state index in [0.717, 1.165) is 21.8 Å². The first-order valence-electron chi connectivity index (χ1n) is 12.1. The van der Waals surface area contributed by atoms with Crippen molar-refractivity contribution in [2.24, 2.45) is 11.3 Å². The molecule has 4 aliphatic rings. The molecule has 2 unspecified atom stereocenters.